The summed E-state index contributed by atoms with van der Waals surface area (Å²) < 4.78 is 14.8. The molecule has 2 heterocycles. The maximum atomic E-state index is 14.1. The van der Waals surface area contributed by atoms with Crippen LogP contribution in [0.3, 0.4) is 0 Å². The zero-order chi connectivity index (χ0) is 15.0. The van der Waals surface area contributed by atoms with Gasteiger partial charge in [-0.25, -0.2) is 10.2 Å². The summed E-state index contributed by atoms with van der Waals surface area (Å²) in [6.07, 6.45) is 1.30. The molecule has 0 aliphatic carbocycles. The first-order chi connectivity index (χ1) is 10.1. The molecule has 1 aromatic carbocycles. The Balaban J connectivity index is 2.12. The fourth-order valence-electron chi connectivity index (χ4n) is 2.63. The third-order valence-electron chi connectivity index (χ3n) is 3.62. The van der Waals surface area contributed by atoms with Crippen LogP contribution in [0, 0.1) is 5.82 Å². The summed E-state index contributed by atoms with van der Waals surface area (Å²) in [6.45, 7) is 0.872. The van der Waals surface area contributed by atoms with E-state index >= 15 is 0 Å². The van der Waals surface area contributed by atoms with Gasteiger partial charge in [0.25, 0.3) is 5.91 Å². The van der Waals surface area contributed by atoms with E-state index in [4.69, 9.17) is 5.84 Å². The van der Waals surface area contributed by atoms with Gasteiger partial charge < -0.3 is 4.90 Å². The number of hydrazine groups is 1. The highest BCUT2D eigenvalue weighted by molar-refractivity contribution is 7.21. The van der Waals surface area contributed by atoms with E-state index in [1.807, 2.05) is 0 Å². The van der Waals surface area contributed by atoms with Gasteiger partial charge in [0, 0.05) is 35.2 Å². The molecule has 1 aliphatic heterocycles. The Morgan fingerprint density at radius 2 is 2.29 bits per heavy atom. The van der Waals surface area contributed by atoms with Crippen LogP contribution in [0.1, 0.15) is 28.1 Å². The molecule has 1 saturated heterocycles. The van der Waals surface area contributed by atoms with E-state index in [0.717, 1.165) is 6.42 Å². The monoisotopic (exact) mass is 307 g/mol. The first-order valence-electron chi connectivity index (χ1n) is 6.60. The molecule has 0 bridgehead atoms. The quantitative estimate of drug-likeness (QED) is 0.515. The van der Waals surface area contributed by atoms with Crippen LogP contribution in [-0.2, 0) is 11.3 Å². The number of hydrogen-bond donors (Lipinski definition) is 2. The molecule has 1 aliphatic rings. The molecule has 5 nitrogen and oxygen atoms in total. The first-order valence-corrected chi connectivity index (χ1v) is 7.42. The maximum absolute atomic E-state index is 14.1. The van der Waals surface area contributed by atoms with Gasteiger partial charge in [0.05, 0.1) is 4.88 Å². The zero-order valence-electron chi connectivity index (χ0n) is 11.2. The number of carbonyl (C=O) groups excluding carboxylic acids is 2. The van der Waals surface area contributed by atoms with Crippen LogP contribution in [0.15, 0.2) is 18.2 Å². The highest BCUT2D eigenvalue weighted by Crippen LogP contribution is 2.34. The Labute approximate surface area is 124 Å². The summed E-state index contributed by atoms with van der Waals surface area (Å²) in [5, 5.41) is 0.404. The molecular formula is C14H14FN3O2S. The lowest BCUT2D eigenvalue weighted by Crippen LogP contribution is -2.31. The van der Waals surface area contributed by atoms with Crippen LogP contribution in [0.5, 0.6) is 0 Å². The van der Waals surface area contributed by atoms with Crippen LogP contribution in [-0.4, -0.2) is 23.3 Å². The van der Waals surface area contributed by atoms with Crippen molar-refractivity contribution in [3.63, 3.8) is 0 Å². The molecule has 2 amide bonds. The van der Waals surface area contributed by atoms with Gasteiger partial charge in [-0.05, 0) is 18.6 Å². The lowest BCUT2D eigenvalue weighted by atomic mass is 10.1. The second kappa shape index (κ2) is 5.42. The van der Waals surface area contributed by atoms with Gasteiger partial charge in [0.1, 0.15) is 5.82 Å². The molecule has 1 aromatic heterocycles. The van der Waals surface area contributed by atoms with E-state index in [-0.39, 0.29) is 18.3 Å². The number of carbonyl (C=O) groups is 2. The molecule has 21 heavy (non-hydrogen) atoms. The van der Waals surface area contributed by atoms with E-state index in [1.165, 1.54) is 17.4 Å². The number of hydrogen-bond acceptors (Lipinski definition) is 4. The van der Waals surface area contributed by atoms with Gasteiger partial charge in [-0.15, -0.1) is 11.3 Å². The third kappa shape index (κ3) is 2.38. The smallest absolute Gasteiger partial charge is 0.275 e. The molecule has 0 radical (unpaired) electrons. The largest absolute Gasteiger partial charge is 0.338 e. The van der Waals surface area contributed by atoms with Crippen molar-refractivity contribution < 1.29 is 14.0 Å². The predicted molar refractivity (Wildman–Crippen MR) is 78.1 cm³/mol. The number of benzene rings is 1. The van der Waals surface area contributed by atoms with Gasteiger partial charge in [-0.1, -0.05) is 6.07 Å². The van der Waals surface area contributed by atoms with Crippen molar-refractivity contribution in [1.29, 1.82) is 0 Å². The number of nitrogens with zero attached hydrogens (tertiary/aromatic N) is 1. The number of likely N-dealkylation sites (tertiary alicyclic amines) is 1. The van der Waals surface area contributed by atoms with Gasteiger partial charge in [-0.2, -0.15) is 0 Å². The summed E-state index contributed by atoms with van der Waals surface area (Å²) in [5.41, 5.74) is 2.62. The van der Waals surface area contributed by atoms with Crippen LogP contribution >= 0.6 is 11.3 Å². The minimum absolute atomic E-state index is 0.0322. The molecule has 0 unspecified atom stereocenters. The Morgan fingerprint density at radius 1 is 1.48 bits per heavy atom. The molecule has 110 valence electrons. The van der Waals surface area contributed by atoms with Gasteiger partial charge in [-0.3, -0.25) is 15.0 Å². The second-order valence-electron chi connectivity index (χ2n) is 4.92. The normalized spacial score (nSPS) is 15.0. The molecule has 7 heteroatoms. The third-order valence-corrected chi connectivity index (χ3v) is 4.82. The molecule has 0 spiro atoms. The maximum Gasteiger partial charge on any atom is 0.275 e. The van der Waals surface area contributed by atoms with E-state index < -0.39 is 5.91 Å². The van der Waals surface area contributed by atoms with Crippen molar-refractivity contribution in [2.45, 2.75) is 19.4 Å². The zero-order valence-corrected chi connectivity index (χ0v) is 12.0. The molecule has 0 atom stereocenters. The summed E-state index contributed by atoms with van der Waals surface area (Å²) in [6, 6.07) is 4.71. The molecule has 3 N–H and O–H groups in total. The van der Waals surface area contributed by atoms with Gasteiger partial charge in [0.2, 0.25) is 5.91 Å². The van der Waals surface area contributed by atoms with Crippen molar-refractivity contribution in [2.75, 3.05) is 6.54 Å². The number of fused-ring (bicyclic) bond motifs is 1. The number of amides is 2. The molecule has 3 rings (SSSR count). The van der Waals surface area contributed by atoms with Crippen LogP contribution in [0.4, 0.5) is 4.39 Å². The van der Waals surface area contributed by atoms with Crippen molar-refractivity contribution >= 4 is 33.2 Å². The minimum Gasteiger partial charge on any atom is -0.338 e. The molecular weight excluding hydrogens is 293 g/mol. The predicted octanol–water partition coefficient (Wildman–Crippen LogP) is 1.77. The Kier molecular flexibility index (Phi) is 3.60. The molecule has 1 fully saturated rings. The number of nitrogens with two attached hydrogens (primary N) is 1. The SMILES string of the molecule is NNC(=O)c1sc2cccc(F)c2c1CN1CCCC1=O. The van der Waals surface area contributed by atoms with E-state index in [2.05, 4.69) is 5.43 Å². The van der Waals surface area contributed by atoms with Crippen molar-refractivity contribution in [3.05, 3.63) is 34.5 Å². The van der Waals surface area contributed by atoms with E-state index in [1.54, 1.807) is 17.0 Å². The van der Waals surface area contributed by atoms with E-state index in [9.17, 15) is 14.0 Å². The lowest BCUT2D eigenvalue weighted by molar-refractivity contribution is -0.128. The van der Waals surface area contributed by atoms with Crippen LogP contribution < -0.4 is 11.3 Å². The summed E-state index contributed by atoms with van der Waals surface area (Å²) in [4.78, 5) is 25.7. The Hall–Kier alpha value is -1.99. The van der Waals surface area contributed by atoms with Crippen molar-refractivity contribution in [1.82, 2.24) is 10.3 Å². The fraction of sp³-hybridized carbons (Fsp3) is 0.286. The second-order valence-corrected chi connectivity index (χ2v) is 5.97. The fourth-order valence-corrected chi connectivity index (χ4v) is 3.76. The Morgan fingerprint density at radius 3 is 2.95 bits per heavy atom. The highest BCUT2D eigenvalue weighted by atomic mass is 32.1. The molecule has 0 saturated carbocycles. The van der Waals surface area contributed by atoms with Gasteiger partial charge >= 0.3 is 0 Å². The topological polar surface area (TPSA) is 75.4 Å². The Bertz CT molecular complexity index is 728. The van der Waals surface area contributed by atoms with Crippen LogP contribution in [0.25, 0.3) is 10.1 Å². The molecule has 2 aromatic rings. The summed E-state index contributed by atoms with van der Waals surface area (Å²) >= 11 is 1.19. The number of thiophene rings is 1. The summed E-state index contributed by atoms with van der Waals surface area (Å²) in [5.74, 6) is 4.38. The summed E-state index contributed by atoms with van der Waals surface area (Å²) in [7, 11) is 0. The van der Waals surface area contributed by atoms with Crippen molar-refractivity contribution in [2.24, 2.45) is 5.84 Å². The number of rotatable bonds is 3. The highest BCUT2D eigenvalue weighted by Gasteiger charge is 2.26. The number of nitrogen functional groups attached to an aromatic ring is 1. The van der Waals surface area contributed by atoms with Crippen molar-refractivity contribution in [3.8, 4) is 0 Å². The minimum atomic E-state index is -0.461. The van der Waals surface area contributed by atoms with Gasteiger partial charge in [0.15, 0.2) is 0 Å². The number of nitrogens with one attached hydrogen (secondary N) is 1. The number of halogens is 1. The average Bonchev–Trinajstić information content (AvgIpc) is 3.04. The van der Waals surface area contributed by atoms with E-state index in [0.29, 0.717) is 33.5 Å². The van der Waals surface area contributed by atoms with Crippen LogP contribution in [0.2, 0.25) is 0 Å². The average molecular weight is 307 g/mol. The lowest BCUT2D eigenvalue weighted by Gasteiger charge is -2.16. The standard InChI is InChI=1S/C14H14FN3O2S/c15-9-3-1-4-10-12(9)8(13(21-10)14(20)17-16)7-18-6-2-5-11(18)19/h1,3-4H,2,5-7,16H2,(H,17,20). The first kappa shape index (κ1) is 14.0.